The number of halogens is 1. The predicted molar refractivity (Wildman–Crippen MR) is 150 cm³/mol. The summed E-state index contributed by atoms with van der Waals surface area (Å²) in [7, 11) is 0. The van der Waals surface area contributed by atoms with Gasteiger partial charge in [0.2, 0.25) is 0 Å². The molecule has 0 bridgehead atoms. The number of carbonyl (C=O) groups is 1. The van der Waals surface area contributed by atoms with Crippen LogP contribution in [0.15, 0.2) is 59.4 Å². The molecule has 6 nitrogen and oxygen atoms in total. The fraction of sp³-hybridized carbons (Fsp3) is 0.438. The number of hydrogen-bond donors (Lipinski definition) is 4. The van der Waals surface area contributed by atoms with Gasteiger partial charge in [-0.05, 0) is 93.3 Å². The van der Waals surface area contributed by atoms with Crippen LogP contribution in [0.1, 0.15) is 54.6 Å². The molecule has 2 heterocycles. The van der Waals surface area contributed by atoms with E-state index >= 15 is 0 Å². The van der Waals surface area contributed by atoms with E-state index in [9.17, 15) is 24.5 Å². The van der Waals surface area contributed by atoms with Crippen molar-refractivity contribution in [3.8, 4) is 5.75 Å². The van der Waals surface area contributed by atoms with Crippen molar-refractivity contribution < 1.29 is 24.5 Å². The molecule has 1 radical (unpaired) electrons. The largest absolute Gasteiger partial charge is 0.508 e. The van der Waals surface area contributed by atoms with Crippen molar-refractivity contribution >= 4 is 11.4 Å². The Morgan fingerprint density at radius 3 is 2.54 bits per heavy atom. The number of allylic oxidation sites excluding steroid dienone is 2. The molecular formula is C32H38FN2O4. The quantitative estimate of drug-likeness (QED) is 0.376. The van der Waals surface area contributed by atoms with Crippen LogP contribution in [0.25, 0.3) is 5.57 Å². The van der Waals surface area contributed by atoms with E-state index in [2.05, 4.69) is 10.2 Å². The van der Waals surface area contributed by atoms with Gasteiger partial charge >= 0.3 is 0 Å². The SMILES string of the molecule is Cc1c(F)cccc1C1=C(C(=O)c2cccc(O)c2)C[C](C2CN(CC(C)(C)O)C2)C(C2CCCNC2)=C1O. The normalized spacial score (nSPS) is 21.8. The summed E-state index contributed by atoms with van der Waals surface area (Å²) in [5.41, 5.74) is 2.07. The number of aliphatic hydroxyl groups is 2. The van der Waals surface area contributed by atoms with Gasteiger partial charge in [0, 0.05) is 48.8 Å². The molecule has 3 aliphatic rings. The van der Waals surface area contributed by atoms with E-state index in [4.69, 9.17) is 0 Å². The third kappa shape index (κ3) is 5.67. The maximum Gasteiger partial charge on any atom is 0.189 e. The highest BCUT2D eigenvalue weighted by atomic mass is 19.1. The summed E-state index contributed by atoms with van der Waals surface area (Å²) in [5.74, 6) is 0.625. The zero-order chi connectivity index (χ0) is 27.9. The highest BCUT2D eigenvalue weighted by Gasteiger charge is 2.45. The molecule has 0 aromatic heterocycles. The topological polar surface area (TPSA) is 93.0 Å². The van der Waals surface area contributed by atoms with E-state index in [0.29, 0.717) is 40.8 Å². The fourth-order valence-electron chi connectivity index (χ4n) is 6.37. The summed E-state index contributed by atoms with van der Waals surface area (Å²) >= 11 is 0. The van der Waals surface area contributed by atoms with Crippen molar-refractivity contribution in [1.29, 1.82) is 0 Å². The molecule has 0 saturated carbocycles. The molecule has 4 N–H and O–H groups in total. The summed E-state index contributed by atoms with van der Waals surface area (Å²) in [6.45, 7) is 8.93. The van der Waals surface area contributed by atoms with Crippen LogP contribution in [0.5, 0.6) is 5.75 Å². The number of hydrogen-bond acceptors (Lipinski definition) is 6. The Hall–Kier alpha value is -3.00. The minimum absolute atomic E-state index is 0.0139. The molecular weight excluding hydrogens is 495 g/mol. The molecule has 2 aliphatic heterocycles. The number of aromatic hydroxyl groups is 1. The summed E-state index contributed by atoms with van der Waals surface area (Å²) < 4.78 is 14.8. The Balaban J connectivity index is 1.63. The minimum Gasteiger partial charge on any atom is -0.508 e. The molecule has 1 aliphatic carbocycles. The van der Waals surface area contributed by atoms with Crippen molar-refractivity contribution in [2.24, 2.45) is 11.8 Å². The van der Waals surface area contributed by atoms with E-state index in [1.54, 1.807) is 45.0 Å². The Morgan fingerprint density at radius 2 is 1.87 bits per heavy atom. The van der Waals surface area contributed by atoms with Gasteiger partial charge in [-0.15, -0.1) is 0 Å². The van der Waals surface area contributed by atoms with E-state index in [1.165, 1.54) is 18.2 Å². The van der Waals surface area contributed by atoms with E-state index in [-0.39, 0.29) is 29.1 Å². The number of rotatable bonds is 7. The van der Waals surface area contributed by atoms with Crippen molar-refractivity contribution in [2.75, 3.05) is 32.7 Å². The second-order valence-electron chi connectivity index (χ2n) is 11.9. The summed E-state index contributed by atoms with van der Waals surface area (Å²) in [5, 5.41) is 35.9. The van der Waals surface area contributed by atoms with Crippen LogP contribution in [0, 0.1) is 30.5 Å². The molecule has 0 spiro atoms. The number of Topliss-reactive ketones (excluding diaryl/α,β-unsaturated/α-hetero) is 1. The van der Waals surface area contributed by atoms with Gasteiger partial charge in [0.05, 0.1) is 5.60 Å². The van der Waals surface area contributed by atoms with Crippen LogP contribution in [0.4, 0.5) is 4.39 Å². The van der Waals surface area contributed by atoms with E-state index in [1.807, 2.05) is 0 Å². The van der Waals surface area contributed by atoms with Crippen LogP contribution in [-0.2, 0) is 0 Å². The predicted octanol–water partition coefficient (Wildman–Crippen LogP) is 4.97. The first-order valence-corrected chi connectivity index (χ1v) is 13.8. The Bertz CT molecular complexity index is 1310. The molecule has 1 unspecified atom stereocenters. The molecule has 0 amide bonds. The van der Waals surface area contributed by atoms with Crippen molar-refractivity contribution in [3.63, 3.8) is 0 Å². The number of carbonyl (C=O) groups excluding carboxylic acids is 1. The molecule has 5 rings (SSSR count). The third-order valence-electron chi connectivity index (χ3n) is 8.19. The molecule has 7 heteroatoms. The first kappa shape index (κ1) is 27.6. The van der Waals surface area contributed by atoms with Crippen molar-refractivity contribution in [2.45, 2.75) is 45.6 Å². The fourth-order valence-corrected chi connectivity index (χ4v) is 6.37. The van der Waals surface area contributed by atoms with Gasteiger partial charge in [0.1, 0.15) is 17.3 Å². The molecule has 2 aromatic rings. The number of ketones is 1. The summed E-state index contributed by atoms with van der Waals surface area (Å²) in [4.78, 5) is 16.2. The van der Waals surface area contributed by atoms with Crippen molar-refractivity contribution in [1.82, 2.24) is 10.2 Å². The van der Waals surface area contributed by atoms with E-state index in [0.717, 1.165) is 50.5 Å². The number of β-amino-alcohol motifs (C(OH)–C–C–N with tert-alkyl or cyclic N) is 1. The van der Waals surface area contributed by atoms with Gasteiger partial charge in [-0.2, -0.15) is 0 Å². The van der Waals surface area contributed by atoms with Crippen molar-refractivity contribution in [3.05, 3.63) is 87.8 Å². The molecule has 2 fully saturated rings. The minimum atomic E-state index is -0.811. The summed E-state index contributed by atoms with van der Waals surface area (Å²) in [6.07, 6.45) is 2.25. The monoisotopic (exact) mass is 533 g/mol. The molecule has 2 saturated heterocycles. The summed E-state index contributed by atoms with van der Waals surface area (Å²) in [6, 6.07) is 11.0. The van der Waals surface area contributed by atoms with E-state index < -0.39 is 11.4 Å². The number of aliphatic hydroxyl groups excluding tert-OH is 1. The van der Waals surface area contributed by atoms with Crippen LogP contribution in [0.2, 0.25) is 0 Å². The Labute approximate surface area is 229 Å². The Kier molecular flexibility index (Phi) is 7.68. The lowest BCUT2D eigenvalue weighted by Gasteiger charge is -2.48. The first-order valence-electron chi connectivity index (χ1n) is 13.8. The molecule has 1 atom stereocenters. The number of nitrogens with zero attached hydrogens (tertiary/aromatic N) is 1. The van der Waals surface area contributed by atoms with Gasteiger partial charge in [-0.25, -0.2) is 4.39 Å². The zero-order valence-electron chi connectivity index (χ0n) is 22.9. The van der Waals surface area contributed by atoms with Gasteiger partial charge < -0.3 is 20.6 Å². The highest BCUT2D eigenvalue weighted by Crippen LogP contribution is 2.50. The van der Waals surface area contributed by atoms with Gasteiger partial charge in [0.15, 0.2) is 5.78 Å². The van der Waals surface area contributed by atoms with Gasteiger partial charge in [-0.1, -0.05) is 24.3 Å². The number of phenols is 1. The van der Waals surface area contributed by atoms with Crippen LogP contribution in [-0.4, -0.2) is 64.3 Å². The lowest BCUT2D eigenvalue weighted by Crippen LogP contribution is -2.55. The number of likely N-dealkylation sites (tertiary alicyclic amines) is 1. The average Bonchev–Trinajstić information content (AvgIpc) is 2.87. The maximum absolute atomic E-state index is 14.8. The second kappa shape index (κ2) is 10.9. The number of benzene rings is 2. The number of phenolic OH excluding ortho intramolecular Hbond substituents is 1. The third-order valence-corrected chi connectivity index (χ3v) is 8.19. The van der Waals surface area contributed by atoms with Gasteiger partial charge in [0.25, 0.3) is 0 Å². The molecule has 207 valence electrons. The highest BCUT2D eigenvalue weighted by molar-refractivity contribution is 6.15. The second-order valence-corrected chi connectivity index (χ2v) is 11.9. The first-order chi connectivity index (χ1) is 18.5. The standard InChI is InChI=1S/C32H38FN2O4/c1-19-24(10-5-11-27(19)33)29-26(30(37)20-7-4-9-23(36)13-20)14-25(22-16-35(17-22)18-32(2,3)39)28(31(29)38)21-8-6-12-34-15-21/h4-5,7,9-11,13,21-22,34,36,38-39H,6,8,12,14-18H2,1-3H3. The maximum atomic E-state index is 14.8. The lowest BCUT2D eigenvalue weighted by atomic mass is 9.66. The van der Waals surface area contributed by atoms with Crippen LogP contribution in [0.3, 0.4) is 0 Å². The van der Waals surface area contributed by atoms with Crippen LogP contribution < -0.4 is 5.32 Å². The smallest absolute Gasteiger partial charge is 0.189 e. The number of piperidine rings is 1. The lowest BCUT2D eigenvalue weighted by molar-refractivity contribution is -0.00471. The molecule has 39 heavy (non-hydrogen) atoms. The van der Waals surface area contributed by atoms with Crippen LogP contribution >= 0.6 is 0 Å². The Morgan fingerprint density at radius 1 is 1.13 bits per heavy atom. The van der Waals surface area contributed by atoms with Gasteiger partial charge in [-0.3, -0.25) is 9.69 Å². The zero-order valence-corrected chi connectivity index (χ0v) is 22.9. The molecule has 2 aromatic carbocycles. The average molecular weight is 534 g/mol. The number of nitrogens with one attached hydrogen (secondary N) is 1.